The fourth-order valence-electron chi connectivity index (χ4n) is 2.59. The van der Waals surface area contributed by atoms with Crippen molar-refractivity contribution in [1.29, 1.82) is 0 Å². The van der Waals surface area contributed by atoms with Crippen LogP contribution in [0.4, 0.5) is 0 Å². The number of aliphatic imine (C=N–C) groups is 1. The van der Waals surface area contributed by atoms with Gasteiger partial charge in [-0.15, -0.1) is 24.0 Å². The lowest BCUT2D eigenvalue weighted by atomic mass is 10.1. The third-order valence-corrected chi connectivity index (χ3v) is 4.21. The first-order valence-corrected chi connectivity index (χ1v) is 10.1. The summed E-state index contributed by atoms with van der Waals surface area (Å²) >= 11 is 0. The van der Waals surface area contributed by atoms with Gasteiger partial charge in [-0.2, -0.15) is 4.98 Å². The highest BCUT2D eigenvalue weighted by Crippen LogP contribution is 2.18. The second-order valence-corrected chi connectivity index (χ2v) is 7.21. The maximum absolute atomic E-state index is 5.74. The van der Waals surface area contributed by atoms with Crippen molar-refractivity contribution in [2.24, 2.45) is 10.9 Å². The van der Waals surface area contributed by atoms with Crippen molar-refractivity contribution < 1.29 is 14.0 Å². The number of rotatable bonds is 10. The minimum atomic E-state index is -0.192. The van der Waals surface area contributed by atoms with Gasteiger partial charge in [0.2, 0.25) is 5.89 Å². The second-order valence-electron chi connectivity index (χ2n) is 7.21. The Balaban J connectivity index is 0.00000450. The van der Waals surface area contributed by atoms with Crippen LogP contribution in [0.5, 0.6) is 5.75 Å². The molecule has 0 aliphatic carbocycles. The molecule has 9 heteroatoms. The van der Waals surface area contributed by atoms with Gasteiger partial charge in [-0.1, -0.05) is 31.1 Å². The molecule has 0 radical (unpaired) electrons. The molecule has 0 amide bonds. The molecule has 2 atom stereocenters. The van der Waals surface area contributed by atoms with Crippen LogP contribution in [0.2, 0.25) is 0 Å². The molecule has 2 rings (SSSR count). The molecule has 2 unspecified atom stereocenters. The SMILES string of the molecule is CCOC(C)c1noc(CNC(=NC)NC(C)c2ccc(OCC(C)C)cc2)n1.I. The highest BCUT2D eigenvalue weighted by Gasteiger charge is 2.14. The summed E-state index contributed by atoms with van der Waals surface area (Å²) in [5.41, 5.74) is 1.13. The Labute approximate surface area is 196 Å². The molecule has 2 aromatic rings. The van der Waals surface area contributed by atoms with Crippen LogP contribution >= 0.6 is 24.0 Å². The number of nitrogens with one attached hydrogen (secondary N) is 2. The zero-order valence-corrected chi connectivity index (χ0v) is 21.0. The number of ether oxygens (including phenoxy) is 2. The van der Waals surface area contributed by atoms with Crippen LogP contribution in [0, 0.1) is 5.92 Å². The van der Waals surface area contributed by atoms with E-state index in [0.29, 0.717) is 43.4 Å². The van der Waals surface area contributed by atoms with Crippen LogP contribution in [0.1, 0.15) is 64.0 Å². The number of hydrogen-bond donors (Lipinski definition) is 2. The van der Waals surface area contributed by atoms with E-state index in [4.69, 9.17) is 14.0 Å². The maximum atomic E-state index is 5.74. The summed E-state index contributed by atoms with van der Waals surface area (Å²) in [4.78, 5) is 8.61. The van der Waals surface area contributed by atoms with Crippen LogP contribution < -0.4 is 15.4 Å². The van der Waals surface area contributed by atoms with Gasteiger partial charge in [0.15, 0.2) is 11.8 Å². The minimum absolute atomic E-state index is 0. The average molecular weight is 531 g/mol. The molecule has 0 saturated heterocycles. The average Bonchev–Trinajstić information content (AvgIpc) is 3.19. The maximum Gasteiger partial charge on any atom is 0.246 e. The number of aromatic nitrogens is 2. The Bertz CT molecular complexity index is 764. The van der Waals surface area contributed by atoms with Gasteiger partial charge >= 0.3 is 0 Å². The van der Waals surface area contributed by atoms with Crippen LogP contribution in [0.15, 0.2) is 33.8 Å². The van der Waals surface area contributed by atoms with Crippen molar-refractivity contribution in [3.63, 3.8) is 0 Å². The first-order valence-electron chi connectivity index (χ1n) is 10.1. The number of hydrogen-bond acceptors (Lipinski definition) is 6. The first-order chi connectivity index (χ1) is 13.9. The normalized spacial score (nSPS) is 13.5. The van der Waals surface area contributed by atoms with E-state index in [1.807, 2.05) is 26.0 Å². The van der Waals surface area contributed by atoms with Crippen LogP contribution in [0.3, 0.4) is 0 Å². The molecule has 1 aromatic heterocycles. The van der Waals surface area contributed by atoms with E-state index in [1.165, 1.54) is 0 Å². The first kappa shape index (κ1) is 26.2. The van der Waals surface area contributed by atoms with Gasteiger partial charge < -0.3 is 24.6 Å². The van der Waals surface area contributed by atoms with E-state index in [0.717, 1.165) is 11.3 Å². The van der Waals surface area contributed by atoms with E-state index in [9.17, 15) is 0 Å². The molecule has 168 valence electrons. The lowest BCUT2D eigenvalue weighted by Gasteiger charge is -2.18. The van der Waals surface area contributed by atoms with E-state index in [2.05, 4.69) is 58.7 Å². The molecular weight excluding hydrogens is 497 g/mol. The van der Waals surface area contributed by atoms with Crippen LogP contribution in [0.25, 0.3) is 0 Å². The predicted molar refractivity (Wildman–Crippen MR) is 128 cm³/mol. The smallest absolute Gasteiger partial charge is 0.246 e. The fourth-order valence-corrected chi connectivity index (χ4v) is 2.59. The molecule has 0 spiro atoms. The van der Waals surface area contributed by atoms with Crippen molar-refractivity contribution in [3.8, 4) is 5.75 Å². The molecule has 1 aromatic carbocycles. The third kappa shape index (κ3) is 8.47. The van der Waals surface area contributed by atoms with Crippen LogP contribution in [-0.2, 0) is 11.3 Å². The summed E-state index contributed by atoms with van der Waals surface area (Å²) in [7, 11) is 1.72. The standard InChI is InChI=1S/C21H33N5O3.HI/c1-7-27-16(5)20-25-19(29-26-20)12-23-21(22-6)24-15(4)17-8-10-18(11-9-17)28-13-14(2)3;/h8-11,14-16H,7,12-13H2,1-6H3,(H2,22,23,24);1H. The van der Waals surface area contributed by atoms with Crippen molar-refractivity contribution in [3.05, 3.63) is 41.5 Å². The van der Waals surface area contributed by atoms with Gasteiger partial charge in [0, 0.05) is 13.7 Å². The molecule has 1 heterocycles. The number of benzene rings is 1. The Morgan fingerprint density at radius 2 is 1.87 bits per heavy atom. The number of guanidine groups is 1. The van der Waals surface area contributed by atoms with Crippen molar-refractivity contribution in [2.75, 3.05) is 20.3 Å². The summed E-state index contributed by atoms with van der Waals surface area (Å²) in [5, 5.41) is 10.5. The Morgan fingerprint density at radius 3 is 2.47 bits per heavy atom. The second kappa shape index (κ2) is 13.4. The largest absolute Gasteiger partial charge is 0.493 e. The summed E-state index contributed by atoms with van der Waals surface area (Å²) < 4.78 is 16.5. The van der Waals surface area contributed by atoms with Gasteiger partial charge in [0.1, 0.15) is 11.9 Å². The molecule has 0 saturated carbocycles. The summed E-state index contributed by atoms with van der Waals surface area (Å²) in [6, 6.07) is 8.16. The summed E-state index contributed by atoms with van der Waals surface area (Å²) in [6.45, 7) is 11.9. The van der Waals surface area contributed by atoms with Gasteiger partial charge in [-0.25, -0.2) is 0 Å². The van der Waals surface area contributed by atoms with Gasteiger partial charge in [0.05, 0.1) is 19.2 Å². The lowest BCUT2D eigenvalue weighted by Crippen LogP contribution is -2.38. The zero-order valence-electron chi connectivity index (χ0n) is 18.6. The van der Waals surface area contributed by atoms with Gasteiger partial charge in [0.25, 0.3) is 0 Å². The summed E-state index contributed by atoms with van der Waals surface area (Å²) in [6.07, 6.45) is -0.192. The molecule has 8 nitrogen and oxygen atoms in total. The monoisotopic (exact) mass is 531 g/mol. The van der Waals surface area contributed by atoms with Crippen molar-refractivity contribution >= 4 is 29.9 Å². The Hall–Kier alpha value is -1.88. The number of halogens is 1. The molecular formula is C21H34IN5O3. The lowest BCUT2D eigenvalue weighted by molar-refractivity contribution is 0.0683. The highest BCUT2D eigenvalue weighted by molar-refractivity contribution is 14.0. The van der Waals surface area contributed by atoms with E-state index in [-0.39, 0.29) is 36.1 Å². The molecule has 30 heavy (non-hydrogen) atoms. The molecule has 0 aliphatic heterocycles. The predicted octanol–water partition coefficient (Wildman–Crippen LogP) is 4.25. The zero-order chi connectivity index (χ0) is 21.2. The Kier molecular flexibility index (Phi) is 11.7. The Morgan fingerprint density at radius 1 is 1.17 bits per heavy atom. The molecule has 0 fully saturated rings. The van der Waals surface area contributed by atoms with Crippen molar-refractivity contribution in [2.45, 2.75) is 53.3 Å². The van der Waals surface area contributed by atoms with Crippen molar-refractivity contribution in [1.82, 2.24) is 20.8 Å². The summed E-state index contributed by atoms with van der Waals surface area (Å²) in [5.74, 6) is 3.05. The number of nitrogens with zero attached hydrogens (tertiary/aromatic N) is 3. The van der Waals surface area contributed by atoms with Gasteiger partial charge in [-0.3, -0.25) is 4.99 Å². The third-order valence-electron chi connectivity index (χ3n) is 4.21. The van der Waals surface area contributed by atoms with Crippen LogP contribution in [-0.4, -0.2) is 36.4 Å². The molecule has 2 N–H and O–H groups in total. The van der Waals surface area contributed by atoms with E-state index >= 15 is 0 Å². The molecule has 0 bridgehead atoms. The highest BCUT2D eigenvalue weighted by atomic mass is 127. The molecule has 0 aliphatic rings. The van der Waals surface area contributed by atoms with Gasteiger partial charge in [-0.05, 0) is 44.4 Å². The van der Waals surface area contributed by atoms with E-state index < -0.39 is 0 Å². The van der Waals surface area contributed by atoms with E-state index in [1.54, 1.807) is 7.05 Å². The minimum Gasteiger partial charge on any atom is -0.493 e. The quantitative estimate of drug-likeness (QED) is 0.269. The fraction of sp³-hybridized carbons (Fsp3) is 0.571. The topological polar surface area (TPSA) is 93.8 Å².